The molecule has 2 bridgehead atoms. The van der Waals surface area contributed by atoms with E-state index in [1.807, 2.05) is 32.1 Å². The molecule has 3 fully saturated rings. The Hall–Kier alpha value is -2.78. The van der Waals surface area contributed by atoms with Crippen molar-refractivity contribution in [3.8, 4) is 0 Å². The number of ketones is 2. The predicted molar refractivity (Wildman–Crippen MR) is 236 cm³/mol. The minimum atomic E-state index is -2.51. The number of fused-ring (bicyclic) bond motifs is 3. The van der Waals surface area contributed by atoms with Crippen LogP contribution in [0.1, 0.15) is 132 Å². The number of rotatable bonds is 8. The Labute approximate surface area is 371 Å². The Morgan fingerprint density at radius 1 is 0.887 bits per heavy atom. The Balaban J connectivity index is 1.80. The largest absolute Gasteiger partial charge is 0.456 e. The van der Waals surface area contributed by atoms with Gasteiger partial charge in [0.1, 0.15) is 24.0 Å². The van der Waals surface area contributed by atoms with Crippen LogP contribution in [0.3, 0.4) is 0 Å². The van der Waals surface area contributed by atoms with Crippen molar-refractivity contribution in [1.82, 2.24) is 4.90 Å². The molecule has 3 aliphatic heterocycles. The summed E-state index contributed by atoms with van der Waals surface area (Å²) in [5.41, 5.74) is 1.72. The van der Waals surface area contributed by atoms with Crippen LogP contribution in [0.25, 0.3) is 0 Å². The fraction of sp³-hybridized carbons (Fsp3) is 0.796. The van der Waals surface area contributed by atoms with Gasteiger partial charge in [-0.15, -0.1) is 0 Å². The highest BCUT2D eigenvalue weighted by molar-refractivity contribution is 6.39. The van der Waals surface area contributed by atoms with E-state index in [0.717, 1.165) is 12.0 Å². The third-order valence-electron chi connectivity index (χ3n) is 13.7. The van der Waals surface area contributed by atoms with Crippen LogP contribution >= 0.6 is 0 Å². The lowest BCUT2D eigenvalue weighted by Gasteiger charge is -2.47. The van der Waals surface area contributed by atoms with Crippen molar-refractivity contribution >= 4 is 23.4 Å². The molecular weight excluding hydrogens is 795 g/mol. The van der Waals surface area contributed by atoms with Gasteiger partial charge in [0, 0.05) is 52.0 Å². The van der Waals surface area contributed by atoms with Crippen LogP contribution in [0, 0.1) is 35.0 Å². The van der Waals surface area contributed by atoms with Gasteiger partial charge in [0.15, 0.2) is 0 Å². The molecule has 0 unspecified atom stereocenters. The fourth-order valence-electron chi connectivity index (χ4n) is 9.92. The van der Waals surface area contributed by atoms with Crippen molar-refractivity contribution in [2.75, 3.05) is 27.9 Å². The Kier molecular flexibility index (Phi) is 19.2. The molecule has 13 heteroatoms. The maximum atomic E-state index is 14.4. The van der Waals surface area contributed by atoms with E-state index in [4.69, 9.17) is 23.7 Å². The summed E-state index contributed by atoms with van der Waals surface area (Å²) >= 11 is 0. The molecule has 352 valence electrons. The molecule has 3 heterocycles. The molecule has 13 nitrogen and oxygen atoms in total. The third kappa shape index (κ3) is 13.4. The molecule has 0 radical (unpaired) electrons. The van der Waals surface area contributed by atoms with E-state index in [1.54, 1.807) is 21.0 Å². The summed E-state index contributed by atoms with van der Waals surface area (Å²) in [5.74, 6) is -7.70. The second-order valence-electron chi connectivity index (χ2n) is 20.2. The topological polar surface area (TPSA) is 178 Å². The van der Waals surface area contributed by atoms with E-state index in [0.29, 0.717) is 56.9 Å². The second kappa shape index (κ2) is 22.9. The predicted octanol–water partition coefficient (Wildman–Crippen LogP) is 6.45. The molecule has 0 spiro atoms. The highest BCUT2D eigenvalue weighted by atomic mass is 16.7. The van der Waals surface area contributed by atoms with Gasteiger partial charge in [-0.1, -0.05) is 71.4 Å². The summed E-state index contributed by atoms with van der Waals surface area (Å²) in [6.07, 6.45) is 8.41. The third-order valence-corrected chi connectivity index (χ3v) is 13.7. The number of carbonyl (C=O) groups excluding carboxylic acids is 4. The molecule has 0 aromatic carbocycles. The molecule has 1 amide bonds. The van der Waals surface area contributed by atoms with Crippen LogP contribution in [0.15, 0.2) is 35.5 Å². The molecular formula is C49H79NO12. The second-order valence-corrected chi connectivity index (χ2v) is 20.2. The van der Waals surface area contributed by atoms with Crippen molar-refractivity contribution in [1.29, 1.82) is 0 Å². The first-order valence-electron chi connectivity index (χ1n) is 23.1. The molecule has 4 aliphatic rings. The number of cyclic esters (lactones) is 1. The molecule has 62 heavy (non-hydrogen) atoms. The number of aliphatic hydroxyl groups is 3. The maximum absolute atomic E-state index is 14.4. The zero-order valence-corrected chi connectivity index (χ0v) is 39.5. The summed E-state index contributed by atoms with van der Waals surface area (Å²) in [6.45, 7) is 15.8. The average Bonchev–Trinajstić information content (AvgIpc) is 3.22. The molecule has 1 saturated carbocycles. The zero-order chi connectivity index (χ0) is 46.1. The van der Waals surface area contributed by atoms with Gasteiger partial charge in [-0.05, 0) is 107 Å². The number of aliphatic hydroxyl groups excluding tert-OH is 2. The Morgan fingerprint density at radius 2 is 1.55 bits per heavy atom. The van der Waals surface area contributed by atoms with Crippen molar-refractivity contribution in [2.24, 2.45) is 35.0 Å². The number of methoxy groups -OCH3 is 3. The van der Waals surface area contributed by atoms with E-state index in [9.17, 15) is 34.5 Å². The summed E-state index contributed by atoms with van der Waals surface area (Å²) in [7, 11) is 4.64. The smallest absolute Gasteiger partial charge is 0.329 e. The number of hydrogen-bond donors (Lipinski definition) is 3. The molecule has 0 aromatic rings. The van der Waals surface area contributed by atoms with Gasteiger partial charge in [0.05, 0.1) is 30.5 Å². The van der Waals surface area contributed by atoms with Crippen molar-refractivity contribution < 1.29 is 58.2 Å². The highest BCUT2D eigenvalue weighted by Gasteiger charge is 2.56. The van der Waals surface area contributed by atoms with Crippen molar-refractivity contribution in [3.63, 3.8) is 0 Å². The molecule has 1 aliphatic carbocycles. The van der Waals surface area contributed by atoms with Crippen LogP contribution in [0.2, 0.25) is 0 Å². The number of nitrogens with zero attached hydrogens (tertiary/aromatic N) is 1. The van der Waals surface area contributed by atoms with E-state index in [-0.39, 0.29) is 54.9 Å². The van der Waals surface area contributed by atoms with E-state index in [1.165, 1.54) is 19.1 Å². The lowest BCUT2D eigenvalue weighted by Crippen LogP contribution is -2.64. The van der Waals surface area contributed by atoms with Gasteiger partial charge >= 0.3 is 5.97 Å². The summed E-state index contributed by atoms with van der Waals surface area (Å²) in [5, 5.41) is 34.5. The standard InChI is InChI=1S/C49H79NO12/c1-29-22-30(2)24-41(59-10)44-42(60-11)26-32(4)49(57,62-44)45(54)46(55)50-21-15-13-17-36(50)47(56)61-43(31(3)25-34-18-19-37(51)40(27-34)58-9)33(5)38(52)28-39(53)35(23-29)16-12-14-20-48(6,7)8/h12,14,23,25,30,32-38,40-44,51-52,57H,13,15-22,24,26-28H2,1-11H3/b14-12+,29-23+,31-25+/t30-,32+,33+,34-,35+,36-,37+,38-,40+,41-,42-,43+,44+,49+/m0/s1. The summed E-state index contributed by atoms with van der Waals surface area (Å²) in [6, 6.07) is -1.15. The van der Waals surface area contributed by atoms with Crippen LogP contribution < -0.4 is 0 Å². The fourth-order valence-corrected chi connectivity index (χ4v) is 9.92. The lowest BCUT2D eigenvalue weighted by molar-refractivity contribution is -0.302. The van der Waals surface area contributed by atoms with Gasteiger partial charge < -0.3 is 43.9 Å². The molecule has 3 N–H and O–H groups in total. The number of amides is 1. The number of piperidine rings is 1. The van der Waals surface area contributed by atoms with Gasteiger partial charge in [-0.25, -0.2) is 4.79 Å². The number of hydrogen-bond acceptors (Lipinski definition) is 12. The minimum absolute atomic E-state index is 0.00775. The maximum Gasteiger partial charge on any atom is 0.329 e. The number of allylic oxidation sites excluding steroid dienone is 5. The molecule has 2 saturated heterocycles. The minimum Gasteiger partial charge on any atom is -0.456 e. The average molecular weight is 874 g/mol. The van der Waals surface area contributed by atoms with E-state index < -0.39 is 83.9 Å². The number of Topliss-reactive ketones (excluding diaryl/α,β-unsaturated/α-hetero) is 2. The first kappa shape index (κ1) is 51.9. The highest BCUT2D eigenvalue weighted by Crippen LogP contribution is 2.39. The van der Waals surface area contributed by atoms with Gasteiger partial charge in [-0.2, -0.15) is 0 Å². The lowest BCUT2D eigenvalue weighted by atomic mass is 9.81. The first-order valence-corrected chi connectivity index (χ1v) is 23.1. The number of ether oxygens (including phenoxy) is 5. The van der Waals surface area contributed by atoms with Gasteiger partial charge in [-0.3, -0.25) is 14.4 Å². The Bertz CT molecular complexity index is 1620. The number of esters is 1. The Morgan fingerprint density at radius 3 is 2.19 bits per heavy atom. The summed E-state index contributed by atoms with van der Waals surface area (Å²) in [4.78, 5) is 58.6. The van der Waals surface area contributed by atoms with Gasteiger partial charge in [0.2, 0.25) is 5.79 Å². The normalized spacial score (nSPS) is 39.1. The van der Waals surface area contributed by atoms with Gasteiger partial charge in [0.25, 0.3) is 11.7 Å². The SMILES string of the molecule is CO[C@H]1C[C@@H](C)C/C(C)=C/[C@@H](C/C=C/CC(C)(C)C)C(=O)C[C@H](O)[C@@H](C)[C@@H](/C(C)=C/[C@@H]2CC[C@@H](O)[C@H](OC)C2)OC(=O)[C@@H]2CCCCN2C(=O)C(=O)[C@]2(O)O[C@H]1[C@@H](OC)C[C@H]2C. The van der Waals surface area contributed by atoms with Crippen molar-refractivity contribution in [2.45, 2.75) is 187 Å². The monoisotopic (exact) mass is 874 g/mol. The molecule has 0 aromatic heterocycles. The van der Waals surface area contributed by atoms with E-state index in [2.05, 4.69) is 33.8 Å². The molecule has 4 rings (SSSR count). The number of carbonyl (C=O) groups is 4. The van der Waals surface area contributed by atoms with Crippen LogP contribution in [-0.4, -0.2) is 126 Å². The van der Waals surface area contributed by atoms with Crippen LogP contribution in [0.4, 0.5) is 0 Å². The van der Waals surface area contributed by atoms with Crippen LogP contribution in [0.5, 0.6) is 0 Å². The molecule has 14 atom stereocenters. The van der Waals surface area contributed by atoms with Crippen LogP contribution in [-0.2, 0) is 42.9 Å². The quantitative estimate of drug-likeness (QED) is 0.138. The van der Waals surface area contributed by atoms with E-state index >= 15 is 0 Å². The first-order chi connectivity index (χ1) is 29.1. The zero-order valence-electron chi connectivity index (χ0n) is 39.5. The summed E-state index contributed by atoms with van der Waals surface area (Å²) < 4.78 is 30.0. The van der Waals surface area contributed by atoms with Crippen molar-refractivity contribution in [3.05, 3.63) is 35.5 Å².